The number of aliphatic hydroxyl groups is 2. The third-order valence-electron chi connectivity index (χ3n) is 11.9. The molecule has 6 unspecified atom stereocenters. The fourth-order valence-corrected chi connectivity index (χ4v) is 7.57. The van der Waals surface area contributed by atoms with Gasteiger partial charge in [0.15, 0.2) is 24.6 Å². The fourth-order valence-electron chi connectivity index (χ4n) is 7.57. The molecule has 0 spiro atoms. The third kappa shape index (κ3) is 41.4. The van der Waals surface area contributed by atoms with Gasteiger partial charge in [-0.1, -0.05) is 179 Å². The van der Waals surface area contributed by atoms with Crippen LogP contribution in [0.5, 0.6) is 0 Å². The van der Waals surface area contributed by atoms with Crippen LogP contribution in [-0.2, 0) is 42.9 Å². The minimum absolute atomic E-state index is 0.00791. The number of unbranched alkanes of at least 4 members (excludes halogenated alkanes) is 8. The average Bonchev–Trinajstić information content (AvgIpc) is 3.42. The smallest absolute Gasteiger partial charge is 0.335 e. The molecule has 0 aromatic carbocycles. The number of hydrogen-bond donors (Lipinski definition) is 3. The third-order valence-corrected chi connectivity index (χ3v) is 11.9. The van der Waals surface area contributed by atoms with Crippen molar-refractivity contribution < 1.29 is 58.2 Å². The number of carboxylic acids is 1. The van der Waals surface area contributed by atoms with E-state index in [1.54, 1.807) is 0 Å². The van der Waals surface area contributed by atoms with Crippen LogP contribution in [-0.4, -0.2) is 89.2 Å². The summed E-state index contributed by atoms with van der Waals surface area (Å²) in [6.07, 6.45) is 61.1. The van der Waals surface area contributed by atoms with E-state index in [0.717, 1.165) is 128 Å². The Morgan fingerprint density at radius 2 is 0.779 bits per heavy atom. The molecule has 12 heteroatoms. The zero-order valence-electron chi connectivity index (χ0n) is 47.1. The number of esters is 3. The van der Waals surface area contributed by atoms with Crippen LogP contribution in [0.3, 0.4) is 0 Å². The van der Waals surface area contributed by atoms with E-state index in [1.807, 2.05) is 0 Å². The summed E-state index contributed by atoms with van der Waals surface area (Å²) in [4.78, 5) is 51.1. The topological polar surface area (TPSA) is 175 Å². The number of ether oxygens (including phenoxy) is 5. The molecule has 1 aliphatic rings. The highest BCUT2D eigenvalue weighted by Gasteiger charge is 2.50. The van der Waals surface area contributed by atoms with Gasteiger partial charge in [0, 0.05) is 19.3 Å². The van der Waals surface area contributed by atoms with Crippen molar-refractivity contribution in [2.75, 3.05) is 13.2 Å². The number of carbonyl (C=O) groups is 4. The standard InChI is InChI=1S/C65H98O12/c1-4-7-10-13-16-19-22-25-27-28-29-30-32-34-36-39-42-45-48-51-57(66)73-54-56(75-58(67)52-49-46-43-40-38-35-31-26-23-20-17-14-11-8-5-2)55-74-65-63(61(70)60(69)62(77-65)64(71)72)76-59(68)53-50-47-44-41-37-33-24-21-18-15-12-9-6-3/h7-12,16-21,25-27,29-31,33-34,36-38,40,56,60-63,65,69-70H,4-6,13-15,22-24,28,32,35,39,41-55H2,1-3H3,(H,71,72)/b10-7-,11-8-,12-9-,19-16-,20-17-,21-18-,27-25-,30-29-,31-26-,36-34-,37-33-,40-38-. The van der Waals surface area contributed by atoms with Gasteiger partial charge in [0.25, 0.3) is 0 Å². The molecule has 12 nitrogen and oxygen atoms in total. The van der Waals surface area contributed by atoms with E-state index in [2.05, 4.69) is 167 Å². The number of hydrogen-bond acceptors (Lipinski definition) is 11. The van der Waals surface area contributed by atoms with Crippen molar-refractivity contribution in [2.24, 2.45) is 0 Å². The Balaban J connectivity index is 2.77. The Morgan fingerprint density at radius 3 is 1.18 bits per heavy atom. The highest BCUT2D eigenvalue weighted by atomic mass is 16.7. The molecule has 0 radical (unpaired) electrons. The van der Waals surface area contributed by atoms with Gasteiger partial charge in [0.05, 0.1) is 6.61 Å². The minimum atomic E-state index is -1.93. The summed E-state index contributed by atoms with van der Waals surface area (Å²) in [7, 11) is 0. The van der Waals surface area contributed by atoms with E-state index in [0.29, 0.717) is 19.3 Å². The molecule has 0 saturated carbocycles. The molecule has 1 rings (SSSR count). The summed E-state index contributed by atoms with van der Waals surface area (Å²) in [5.41, 5.74) is 0. The van der Waals surface area contributed by atoms with E-state index < -0.39 is 67.3 Å². The highest BCUT2D eigenvalue weighted by Crippen LogP contribution is 2.26. The largest absolute Gasteiger partial charge is 0.479 e. The quantitative estimate of drug-likeness (QED) is 0.0228. The molecule has 1 fully saturated rings. The van der Waals surface area contributed by atoms with Crippen molar-refractivity contribution in [2.45, 2.75) is 225 Å². The predicted octanol–water partition coefficient (Wildman–Crippen LogP) is 14.8. The predicted molar refractivity (Wildman–Crippen MR) is 312 cm³/mol. The molecule has 1 aliphatic heterocycles. The van der Waals surface area contributed by atoms with Gasteiger partial charge in [-0.05, 0) is 135 Å². The summed E-state index contributed by atoms with van der Waals surface area (Å²) in [6, 6.07) is 0. The maximum Gasteiger partial charge on any atom is 0.335 e. The maximum atomic E-state index is 13.1. The summed E-state index contributed by atoms with van der Waals surface area (Å²) in [6.45, 7) is 5.54. The normalized spacial score (nSPS) is 19.1. The van der Waals surface area contributed by atoms with Gasteiger partial charge in [-0.15, -0.1) is 0 Å². The lowest BCUT2D eigenvalue weighted by Crippen LogP contribution is -2.61. The molecule has 6 atom stereocenters. The van der Waals surface area contributed by atoms with Crippen molar-refractivity contribution in [1.82, 2.24) is 0 Å². The van der Waals surface area contributed by atoms with E-state index in [4.69, 9.17) is 23.7 Å². The second-order valence-corrected chi connectivity index (χ2v) is 18.8. The van der Waals surface area contributed by atoms with Crippen LogP contribution in [0.2, 0.25) is 0 Å². The van der Waals surface area contributed by atoms with E-state index in [9.17, 15) is 34.5 Å². The van der Waals surface area contributed by atoms with Gasteiger partial charge in [-0.25, -0.2) is 4.79 Å². The lowest BCUT2D eigenvalue weighted by Gasteiger charge is -2.40. The number of aliphatic carboxylic acids is 1. The first-order valence-corrected chi connectivity index (χ1v) is 28.8. The molecule has 0 bridgehead atoms. The molecule has 1 heterocycles. The van der Waals surface area contributed by atoms with Crippen molar-refractivity contribution in [3.05, 3.63) is 146 Å². The maximum absolute atomic E-state index is 13.1. The zero-order valence-corrected chi connectivity index (χ0v) is 47.1. The zero-order chi connectivity index (χ0) is 56.1. The first-order valence-electron chi connectivity index (χ1n) is 28.8. The number of carboxylic acid groups (broad SMARTS) is 1. The van der Waals surface area contributed by atoms with Crippen LogP contribution < -0.4 is 0 Å². The van der Waals surface area contributed by atoms with Gasteiger partial charge in [-0.3, -0.25) is 14.4 Å². The van der Waals surface area contributed by atoms with Crippen LogP contribution in [0.25, 0.3) is 0 Å². The van der Waals surface area contributed by atoms with Gasteiger partial charge in [0.1, 0.15) is 18.8 Å². The number of aliphatic hydroxyl groups excluding tert-OH is 2. The van der Waals surface area contributed by atoms with Gasteiger partial charge >= 0.3 is 23.9 Å². The molecule has 77 heavy (non-hydrogen) atoms. The second-order valence-electron chi connectivity index (χ2n) is 18.8. The Labute approximate surface area is 463 Å². The Bertz CT molecular complexity index is 1890. The van der Waals surface area contributed by atoms with E-state index in [-0.39, 0.29) is 25.9 Å². The molecule has 0 amide bonds. The van der Waals surface area contributed by atoms with Crippen LogP contribution in [0.4, 0.5) is 0 Å². The monoisotopic (exact) mass is 1070 g/mol. The molecular weight excluding hydrogens is 973 g/mol. The molecule has 0 aromatic rings. The van der Waals surface area contributed by atoms with Crippen molar-refractivity contribution in [3.63, 3.8) is 0 Å². The van der Waals surface area contributed by atoms with Crippen LogP contribution in [0.1, 0.15) is 188 Å². The van der Waals surface area contributed by atoms with Crippen LogP contribution >= 0.6 is 0 Å². The summed E-state index contributed by atoms with van der Waals surface area (Å²) < 4.78 is 28.3. The average molecular weight is 1070 g/mol. The molecule has 1 saturated heterocycles. The fraction of sp³-hybridized carbons (Fsp3) is 0.569. The first-order chi connectivity index (χ1) is 37.6. The summed E-state index contributed by atoms with van der Waals surface area (Å²) >= 11 is 0. The number of carbonyl (C=O) groups excluding carboxylic acids is 3. The van der Waals surface area contributed by atoms with Crippen molar-refractivity contribution in [1.29, 1.82) is 0 Å². The Morgan fingerprint density at radius 1 is 0.429 bits per heavy atom. The van der Waals surface area contributed by atoms with Gasteiger partial charge in [-0.2, -0.15) is 0 Å². The lowest BCUT2D eigenvalue weighted by molar-refractivity contribution is -0.301. The SMILES string of the molecule is CC/C=C\C/C=C\C/C=C\C/C=C\C/C=C\CCCCCC(=O)OCC(COC1OC(C(=O)O)C(O)C(O)C1OC(=O)CCCCC/C=C\C/C=C\C/C=C\CC)OC(=O)CCCC/C=C\C/C=C\C/C=C\C/C=C\CC. The summed E-state index contributed by atoms with van der Waals surface area (Å²) in [5.74, 6) is -3.29. The molecular formula is C65H98O12. The van der Waals surface area contributed by atoms with Crippen molar-refractivity contribution >= 4 is 23.9 Å². The first kappa shape index (κ1) is 69.6. The minimum Gasteiger partial charge on any atom is -0.479 e. The second kappa shape index (κ2) is 51.4. The number of allylic oxidation sites excluding steroid dienone is 24. The van der Waals surface area contributed by atoms with Gasteiger partial charge < -0.3 is 39.0 Å². The Hall–Kier alpha value is -5.40. The molecule has 430 valence electrons. The van der Waals surface area contributed by atoms with E-state index in [1.165, 1.54) is 0 Å². The highest BCUT2D eigenvalue weighted by molar-refractivity contribution is 5.74. The van der Waals surface area contributed by atoms with Gasteiger partial charge in [0.2, 0.25) is 0 Å². The number of rotatable bonds is 46. The molecule has 3 N–H and O–H groups in total. The van der Waals surface area contributed by atoms with Crippen molar-refractivity contribution in [3.8, 4) is 0 Å². The lowest BCUT2D eigenvalue weighted by atomic mass is 9.98. The van der Waals surface area contributed by atoms with E-state index >= 15 is 0 Å². The Kier molecular flexibility index (Phi) is 46.4. The summed E-state index contributed by atoms with van der Waals surface area (Å²) in [5, 5.41) is 31.4. The van der Waals surface area contributed by atoms with Crippen LogP contribution in [0, 0.1) is 0 Å². The molecule has 0 aromatic heterocycles. The van der Waals surface area contributed by atoms with Crippen LogP contribution in [0.15, 0.2) is 146 Å². The molecule has 0 aliphatic carbocycles.